The number of benzene rings is 1. The molecule has 1 aliphatic heterocycles. The molecule has 1 fully saturated rings. The van der Waals surface area contributed by atoms with Crippen molar-refractivity contribution in [3.63, 3.8) is 0 Å². The third kappa shape index (κ3) is 1.82. The number of anilines is 1. The summed E-state index contributed by atoms with van der Waals surface area (Å²) in [6, 6.07) is 7.43. The summed E-state index contributed by atoms with van der Waals surface area (Å²) in [5, 5.41) is 7.15. The van der Waals surface area contributed by atoms with Crippen molar-refractivity contribution in [1.29, 1.82) is 0 Å². The molecule has 1 aromatic carbocycles. The van der Waals surface area contributed by atoms with Crippen molar-refractivity contribution in [3.8, 4) is 0 Å². The van der Waals surface area contributed by atoms with E-state index in [9.17, 15) is 0 Å². The van der Waals surface area contributed by atoms with Gasteiger partial charge in [0.05, 0.1) is 0 Å². The van der Waals surface area contributed by atoms with E-state index >= 15 is 0 Å². The van der Waals surface area contributed by atoms with Crippen LogP contribution in [0.4, 0.5) is 5.69 Å². The molecule has 0 saturated heterocycles. The van der Waals surface area contributed by atoms with E-state index in [4.69, 9.17) is 0 Å². The molecular weight excluding hydrogens is 196 g/mol. The first-order valence-electron chi connectivity index (χ1n) is 6.41. The van der Waals surface area contributed by atoms with Gasteiger partial charge in [0.2, 0.25) is 0 Å². The van der Waals surface area contributed by atoms with E-state index in [1.165, 1.54) is 36.1 Å². The van der Waals surface area contributed by atoms with E-state index in [0.29, 0.717) is 0 Å². The molecule has 1 saturated carbocycles. The highest BCUT2D eigenvalue weighted by Gasteiger charge is 2.24. The summed E-state index contributed by atoms with van der Waals surface area (Å²) < 4.78 is 0. The van der Waals surface area contributed by atoms with E-state index in [1.54, 1.807) is 0 Å². The minimum atomic E-state index is 0.757. The Morgan fingerprint density at radius 3 is 3.06 bits per heavy atom. The van der Waals surface area contributed by atoms with Gasteiger partial charge in [0.25, 0.3) is 0 Å². The van der Waals surface area contributed by atoms with Crippen LogP contribution in [0.2, 0.25) is 0 Å². The van der Waals surface area contributed by atoms with Gasteiger partial charge < -0.3 is 10.6 Å². The Labute approximate surface area is 97.4 Å². The number of hydrogen-bond donors (Lipinski definition) is 2. The fraction of sp³-hybridized carbons (Fsp3) is 0.571. The highest BCUT2D eigenvalue weighted by Crippen LogP contribution is 2.29. The van der Waals surface area contributed by atoms with Crippen LogP contribution in [0.1, 0.15) is 30.9 Å². The van der Waals surface area contributed by atoms with Gasteiger partial charge in [0.1, 0.15) is 0 Å². The van der Waals surface area contributed by atoms with Crippen molar-refractivity contribution in [2.75, 3.05) is 11.9 Å². The summed E-state index contributed by atoms with van der Waals surface area (Å²) in [5.74, 6) is 0.928. The number of para-hydroxylation sites is 1. The first-order valence-corrected chi connectivity index (χ1v) is 6.41. The lowest BCUT2D eigenvalue weighted by atomic mass is 9.82. The van der Waals surface area contributed by atoms with Crippen molar-refractivity contribution >= 4 is 5.69 Å². The Morgan fingerprint density at radius 2 is 2.25 bits per heavy atom. The Morgan fingerprint density at radius 1 is 1.38 bits per heavy atom. The molecule has 3 rings (SSSR count). The lowest BCUT2D eigenvalue weighted by molar-refractivity contribution is 0.240. The summed E-state index contributed by atoms with van der Waals surface area (Å²) in [6.45, 7) is 4.46. The van der Waals surface area contributed by atoms with Gasteiger partial charge in [-0.3, -0.25) is 0 Å². The summed E-state index contributed by atoms with van der Waals surface area (Å²) in [5.41, 5.74) is 4.32. The molecule has 2 nitrogen and oxygen atoms in total. The van der Waals surface area contributed by atoms with Gasteiger partial charge in [0.15, 0.2) is 0 Å². The zero-order chi connectivity index (χ0) is 11.0. The van der Waals surface area contributed by atoms with Crippen LogP contribution in [0, 0.1) is 5.92 Å². The van der Waals surface area contributed by atoms with Crippen molar-refractivity contribution in [3.05, 3.63) is 29.3 Å². The zero-order valence-electron chi connectivity index (χ0n) is 9.92. The van der Waals surface area contributed by atoms with Gasteiger partial charge in [-0.1, -0.05) is 25.1 Å². The van der Waals surface area contributed by atoms with Crippen LogP contribution in [0.5, 0.6) is 0 Å². The van der Waals surface area contributed by atoms with Gasteiger partial charge in [0, 0.05) is 24.8 Å². The second-order valence-corrected chi connectivity index (χ2v) is 5.28. The smallest absolute Gasteiger partial charge is 0.0419 e. The predicted octanol–water partition coefficient (Wildman–Crippen LogP) is 2.54. The zero-order valence-corrected chi connectivity index (χ0v) is 9.92. The molecular formula is C14H20N2. The molecule has 0 atom stereocenters. The van der Waals surface area contributed by atoms with Crippen LogP contribution in [0.15, 0.2) is 18.2 Å². The fourth-order valence-corrected chi connectivity index (χ4v) is 2.88. The maximum atomic E-state index is 3.66. The van der Waals surface area contributed by atoms with Gasteiger partial charge in [-0.15, -0.1) is 0 Å². The summed E-state index contributed by atoms with van der Waals surface area (Å²) in [4.78, 5) is 0. The second-order valence-electron chi connectivity index (χ2n) is 5.28. The SMILES string of the molecule is CC1CC(NCc2cccc3c2NCC3)C1. The topological polar surface area (TPSA) is 24.1 Å². The van der Waals surface area contributed by atoms with E-state index in [-0.39, 0.29) is 0 Å². The lowest BCUT2D eigenvalue weighted by Crippen LogP contribution is -2.39. The van der Waals surface area contributed by atoms with Crippen LogP contribution in [-0.2, 0) is 13.0 Å². The highest BCUT2D eigenvalue weighted by molar-refractivity contribution is 5.61. The Kier molecular flexibility index (Phi) is 2.60. The molecule has 1 heterocycles. The normalized spacial score (nSPS) is 27.1. The number of nitrogens with one attached hydrogen (secondary N) is 2. The van der Waals surface area contributed by atoms with Crippen molar-refractivity contribution in [1.82, 2.24) is 5.32 Å². The largest absolute Gasteiger partial charge is 0.384 e. The first kappa shape index (κ1) is 10.2. The molecule has 2 heteroatoms. The van der Waals surface area contributed by atoms with Gasteiger partial charge in [-0.05, 0) is 36.3 Å². The van der Waals surface area contributed by atoms with Crippen LogP contribution in [0.3, 0.4) is 0 Å². The summed E-state index contributed by atoms with van der Waals surface area (Å²) in [6.07, 6.45) is 3.88. The molecule has 0 aromatic heterocycles. The lowest BCUT2D eigenvalue weighted by Gasteiger charge is -2.33. The van der Waals surface area contributed by atoms with Crippen LogP contribution in [-0.4, -0.2) is 12.6 Å². The molecule has 1 aliphatic carbocycles. The molecule has 16 heavy (non-hydrogen) atoms. The van der Waals surface area contributed by atoms with Crippen LogP contribution >= 0.6 is 0 Å². The van der Waals surface area contributed by atoms with Crippen molar-refractivity contribution < 1.29 is 0 Å². The molecule has 1 aromatic rings. The quantitative estimate of drug-likeness (QED) is 0.811. The molecule has 2 aliphatic rings. The Hall–Kier alpha value is -1.02. The maximum absolute atomic E-state index is 3.66. The van der Waals surface area contributed by atoms with Crippen molar-refractivity contribution in [2.24, 2.45) is 5.92 Å². The van der Waals surface area contributed by atoms with Crippen molar-refractivity contribution in [2.45, 2.75) is 38.8 Å². The molecule has 0 bridgehead atoms. The molecule has 0 unspecified atom stereocenters. The molecule has 0 amide bonds. The Bertz CT molecular complexity index is 380. The number of fused-ring (bicyclic) bond motifs is 1. The average molecular weight is 216 g/mol. The fourth-order valence-electron chi connectivity index (χ4n) is 2.88. The standard InChI is InChI=1S/C14H20N2/c1-10-7-13(8-10)16-9-12-4-2-3-11-5-6-15-14(11)12/h2-4,10,13,15-16H,5-9H2,1H3. The number of hydrogen-bond acceptors (Lipinski definition) is 2. The number of rotatable bonds is 3. The maximum Gasteiger partial charge on any atom is 0.0419 e. The molecule has 0 spiro atoms. The third-order valence-corrected chi connectivity index (χ3v) is 3.89. The average Bonchev–Trinajstić information content (AvgIpc) is 2.71. The molecule has 2 N–H and O–H groups in total. The highest BCUT2D eigenvalue weighted by atomic mass is 14.9. The Balaban J connectivity index is 1.64. The van der Waals surface area contributed by atoms with E-state index in [1.807, 2.05) is 0 Å². The van der Waals surface area contributed by atoms with Crippen LogP contribution in [0.25, 0.3) is 0 Å². The van der Waals surface area contributed by atoms with E-state index in [0.717, 1.165) is 25.0 Å². The summed E-state index contributed by atoms with van der Waals surface area (Å²) >= 11 is 0. The summed E-state index contributed by atoms with van der Waals surface area (Å²) in [7, 11) is 0. The van der Waals surface area contributed by atoms with E-state index < -0.39 is 0 Å². The van der Waals surface area contributed by atoms with E-state index in [2.05, 4.69) is 35.8 Å². The predicted molar refractivity (Wildman–Crippen MR) is 67.7 cm³/mol. The molecule has 86 valence electrons. The second kappa shape index (κ2) is 4.10. The third-order valence-electron chi connectivity index (χ3n) is 3.89. The minimum absolute atomic E-state index is 0.757. The van der Waals surface area contributed by atoms with Gasteiger partial charge in [-0.2, -0.15) is 0 Å². The van der Waals surface area contributed by atoms with Crippen LogP contribution < -0.4 is 10.6 Å². The van der Waals surface area contributed by atoms with Gasteiger partial charge in [-0.25, -0.2) is 0 Å². The minimum Gasteiger partial charge on any atom is -0.384 e. The first-order chi connectivity index (χ1) is 7.83. The molecule has 0 radical (unpaired) electrons. The van der Waals surface area contributed by atoms with Gasteiger partial charge >= 0.3 is 0 Å². The monoisotopic (exact) mass is 216 g/mol.